The van der Waals surface area contributed by atoms with Crippen molar-refractivity contribution in [3.05, 3.63) is 29.3 Å². The van der Waals surface area contributed by atoms with Gasteiger partial charge in [-0.05, 0) is 36.1 Å². The van der Waals surface area contributed by atoms with E-state index in [0.29, 0.717) is 6.54 Å². The third-order valence-electron chi connectivity index (χ3n) is 2.88. The maximum atomic E-state index is 11.6. The molecule has 0 heterocycles. The highest BCUT2D eigenvalue weighted by Gasteiger charge is 2.26. The molecule has 1 aliphatic rings. The second kappa shape index (κ2) is 4.64. The lowest BCUT2D eigenvalue weighted by Gasteiger charge is -2.14. The standard InChI is InChI=1S/C11H17N3O2S/c1-2-13-17(15,16)14-11-6-3-8-7-9(12)4-5-10(8)11/h4-5,7,11,13-14H,2-3,6,12H2,1H3. The number of fused-ring (bicyclic) bond motifs is 1. The van der Waals surface area contributed by atoms with Crippen LogP contribution in [0.1, 0.15) is 30.5 Å². The third-order valence-corrected chi connectivity index (χ3v) is 4.14. The Morgan fingerprint density at radius 1 is 1.47 bits per heavy atom. The van der Waals surface area contributed by atoms with Gasteiger partial charge in [-0.1, -0.05) is 13.0 Å². The van der Waals surface area contributed by atoms with Crippen molar-refractivity contribution >= 4 is 15.9 Å². The molecular formula is C11H17N3O2S. The van der Waals surface area contributed by atoms with Gasteiger partial charge in [-0.2, -0.15) is 13.1 Å². The van der Waals surface area contributed by atoms with Crippen LogP contribution in [0.15, 0.2) is 18.2 Å². The molecule has 0 radical (unpaired) electrons. The Morgan fingerprint density at radius 2 is 2.24 bits per heavy atom. The maximum Gasteiger partial charge on any atom is 0.277 e. The van der Waals surface area contributed by atoms with Gasteiger partial charge in [0.05, 0.1) is 0 Å². The van der Waals surface area contributed by atoms with E-state index >= 15 is 0 Å². The Bertz CT molecular complexity index is 513. The van der Waals surface area contributed by atoms with Crippen molar-refractivity contribution in [1.82, 2.24) is 9.44 Å². The molecule has 0 amide bonds. The van der Waals surface area contributed by atoms with E-state index < -0.39 is 10.2 Å². The second-order valence-corrected chi connectivity index (χ2v) is 5.70. The molecule has 6 heteroatoms. The normalized spacial score (nSPS) is 19.2. The number of nitrogens with one attached hydrogen (secondary N) is 2. The number of nitrogen functional groups attached to an aromatic ring is 1. The van der Waals surface area contributed by atoms with Crippen LogP contribution in [0, 0.1) is 0 Å². The average Bonchev–Trinajstić information content (AvgIpc) is 2.60. The summed E-state index contributed by atoms with van der Waals surface area (Å²) in [4.78, 5) is 0. The van der Waals surface area contributed by atoms with Crippen molar-refractivity contribution in [3.8, 4) is 0 Å². The summed E-state index contributed by atoms with van der Waals surface area (Å²) in [6.45, 7) is 2.14. The molecular weight excluding hydrogens is 238 g/mol. The first-order valence-corrected chi connectivity index (χ1v) is 7.15. The van der Waals surface area contributed by atoms with Crippen LogP contribution in [0.4, 0.5) is 5.69 Å². The van der Waals surface area contributed by atoms with Gasteiger partial charge < -0.3 is 5.73 Å². The number of rotatable bonds is 4. The number of hydrogen-bond acceptors (Lipinski definition) is 3. The minimum atomic E-state index is -3.40. The summed E-state index contributed by atoms with van der Waals surface area (Å²) < 4.78 is 28.3. The van der Waals surface area contributed by atoms with Crippen LogP contribution in [0.2, 0.25) is 0 Å². The van der Waals surface area contributed by atoms with Crippen LogP contribution in [0.3, 0.4) is 0 Å². The number of nitrogens with two attached hydrogens (primary N) is 1. The lowest BCUT2D eigenvalue weighted by Crippen LogP contribution is -2.38. The molecule has 1 aromatic rings. The van der Waals surface area contributed by atoms with Crippen LogP contribution < -0.4 is 15.2 Å². The van der Waals surface area contributed by atoms with Gasteiger partial charge in [0.2, 0.25) is 0 Å². The summed E-state index contributed by atoms with van der Waals surface area (Å²) in [6.07, 6.45) is 1.64. The summed E-state index contributed by atoms with van der Waals surface area (Å²) in [7, 11) is -3.40. The first-order valence-electron chi connectivity index (χ1n) is 5.67. The Kier molecular flexibility index (Phi) is 3.37. The van der Waals surface area contributed by atoms with Gasteiger partial charge in [-0.15, -0.1) is 0 Å². The summed E-state index contributed by atoms with van der Waals surface area (Å²) >= 11 is 0. The maximum absolute atomic E-state index is 11.6. The molecule has 0 fully saturated rings. The van der Waals surface area contributed by atoms with Gasteiger partial charge in [0.25, 0.3) is 10.2 Å². The second-order valence-electron chi connectivity index (χ2n) is 4.17. The van der Waals surface area contributed by atoms with Gasteiger partial charge >= 0.3 is 0 Å². The number of anilines is 1. The van der Waals surface area contributed by atoms with Crippen LogP contribution in [-0.2, 0) is 16.6 Å². The molecule has 0 bridgehead atoms. The van der Waals surface area contributed by atoms with E-state index in [2.05, 4.69) is 9.44 Å². The largest absolute Gasteiger partial charge is 0.399 e. The van der Waals surface area contributed by atoms with Crippen molar-refractivity contribution in [2.75, 3.05) is 12.3 Å². The Balaban J connectivity index is 2.18. The SMILES string of the molecule is CCNS(=O)(=O)NC1CCc2cc(N)ccc21. The molecule has 0 aromatic heterocycles. The lowest BCUT2D eigenvalue weighted by molar-refractivity contribution is 0.543. The quantitative estimate of drug-likeness (QED) is 0.692. The van der Waals surface area contributed by atoms with Gasteiger partial charge in [-0.3, -0.25) is 0 Å². The van der Waals surface area contributed by atoms with Crippen LogP contribution >= 0.6 is 0 Å². The minimum Gasteiger partial charge on any atom is -0.399 e. The summed E-state index contributed by atoms with van der Waals surface area (Å²) in [5, 5.41) is 0. The summed E-state index contributed by atoms with van der Waals surface area (Å²) in [5.41, 5.74) is 8.58. The van der Waals surface area contributed by atoms with E-state index in [-0.39, 0.29) is 6.04 Å². The molecule has 0 saturated carbocycles. The highest BCUT2D eigenvalue weighted by molar-refractivity contribution is 7.87. The van der Waals surface area contributed by atoms with Crippen molar-refractivity contribution in [3.63, 3.8) is 0 Å². The Labute approximate surface area is 102 Å². The number of benzene rings is 1. The first-order chi connectivity index (χ1) is 8.02. The van der Waals surface area contributed by atoms with Crippen LogP contribution in [0.5, 0.6) is 0 Å². The van der Waals surface area contributed by atoms with E-state index in [1.165, 1.54) is 0 Å². The molecule has 0 saturated heterocycles. The zero-order chi connectivity index (χ0) is 12.5. The Morgan fingerprint density at radius 3 is 2.94 bits per heavy atom. The van der Waals surface area contributed by atoms with Gasteiger partial charge in [-0.25, -0.2) is 4.72 Å². The molecule has 0 aliphatic heterocycles. The molecule has 2 rings (SSSR count). The van der Waals surface area contributed by atoms with Crippen LogP contribution in [0.25, 0.3) is 0 Å². The van der Waals surface area contributed by atoms with E-state index in [1.54, 1.807) is 13.0 Å². The molecule has 1 aliphatic carbocycles. The minimum absolute atomic E-state index is 0.144. The van der Waals surface area contributed by atoms with E-state index in [1.807, 2.05) is 12.1 Å². The molecule has 0 spiro atoms. The van der Waals surface area contributed by atoms with Crippen molar-refractivity contribution in [1.29, 1.82) is 0 Å². The van der Waals surface area contributed by atoms with Gasteiger partial charge in [0, 0.05) is 18.3 Å². The molecule has 4 N–H and O–H groups in total. The fourth-order valence-electron chi connectivity index (χ4n) is 2.18. The topological polar surface area (TPSA) is 84.2 Å². The predicted molar refractivity (Wildman–Crippen MR) is 67.6 cm³/mol. The monoisotopic (exact) mass is 255 g/mol. The molecule has 1 aromatic carbocycles. The third kappa shape index (κ3) is 2.77. The van der Waals surface area contributed by atoms with Gasteiger partial charge in [0.1, 0.15) is 0 Å². The summed E-state index contributed by atoms with van der Waals surface area (Å²) in [6, 6.07) is 5.47. The molecule has 5 nitrogen and oxygen atoms in total. The van der Waals surface area contributed by atoms with Crippen molar-refractivity contribution < 1.29 is 8.42 Å². The highest BCUT2D eigenvalue weighted by atomic mass is 32.2. The van der Waals surface area contributed by atoms with E-state index in [9.17, 15) is 8.42 Å². The van der Waals surface area contributed by atoms with E-state index in [4.69, 9.17) is 5.73 Å². The lowest BCUT2D eigenvalue weighted by atomic mass is 10.1. The predicted octanol–water partition coefficient (Wildman–Crippen LogP) is 0.700. The number of aryl methyl sites for hydroxylation is 1. The zero-order valence-electron chi connectivity index (χ0n) is 9.73. The molecule has 1 unspecified atom stereocenters. The molecule has 94 valence electrons. The smallest absolute Gasteiger partial charge is 0.277 e. The van der Waals surface area contributed by atoms with E-state index in [0.717, 1.165) is 29.7 Å². The first kappa shape index (κ1) is 12.3. The average molecular weight is 255 g/mol. The highest BCUT2D eigenvalue weighted by Crippen LogP contribution is 2.32. The van der Waals surface area contributed by atoms with Crippen LogP contribution in [-0.4, -0.2) is 15.0 Å². The van der Waals surface area contributed by atoms with Gasteiger partial charge in [0.15, 0.2) is 0 Å². The fourth-order valence-corrected chi connectivity index (χ4v) is 3.26. The zero-order valence-corrected chi connectivity index (χ0v) is 10.5. The summed E-state index contributed by atoms with van der Waals surface area (Å²) in [5.74, 6) is 0. The van der Waals surface area contributed by atoms with Crippen molar-refractivity contribution in [2.24, 2.45) is 0 Å². The molecule has 17 heavy (non-hydrogen) atoms. The number of hydrogen-bond donors (Lipinski definition) is 3. The fraction of sp³-hybridized carbons (Fsp3) is 0.455. The van der Waals surface area contributed by atoms with Crippen molar-refractivity contribution in [2.45, 2.75) is 25.8 Å². The molecule has 1 atom stereocenters. The Hall–Kier alpha value is -1.11.